The molecule has 48 heavy (non-hydrogen) atoms. The number of carbonyl (C=O) groups excluding carboxylic acids is 2. The fourth-order valence-corrected chi connectivity index (χ4v) is 6.58. The highest BCUT2D eigenvalue weighted by Gasteiger charge is 2.34. The first kappa shape index (κ1) is 35.9. The van der Waals surface area contributed by atoms with E-state index in [1.165, 1.54) is 12.0 Å². The van der Waals surface area contributed by atoms with Crippen LogP contribution in [-0.2, 0) is 32.6 Å². The van der Waals surface area contributed by atoms with Gasteiger partial charge < -0.3 is 19.7 Å². The summed E-state index contributed by atoms with van der Waals surface area (Å²) < 4.78 is 54.0. The molecule has 0 aliphatic heterocycles. The lowest BCUT2D eigenvalue weighted by molar-refractivity contribution is -0.140. The van der Waals surface area contributed by atoms with Crippen LogP contribution in [0.15, 0.2) is 108 Å². The fourth-order valence-electron chi connectivity index (χ4n) is 5.17. The molecule has 0 aliphatic carbocycles. The summed E-state index contributed by atoms with van der Waals surface area (Å²) in [4.78, 5) is 29.7. The van der Waals surface area contributed by atoms with Crippen molar-refractivity contribution in [1.82, 2.24) is 10.2 Å². The van der Waals surface area contributed by atoms with Gasteiger partial charge in [0, 0.05) is 19.5 Å². The molecule has 0 saturated carbocycles. The third-order valence-corrected chi connectivity index (χ3v) is 9.49. The van der Waals surface area contributed by atoms with Crippen LogP contribution in [0.2, 0.25) is 0 Å². The molecule has 4 aromatic rings. The molecule has 2 amide bonds. The predicted octanol–water partition coefficient (Wildman–Crippen LogP) is 5.98. The predicted molar refractivity (Wildman–Crippen MR) is 184 cm³/mol. The van der Waals surface area contributed by atoms with Crippen LogP contribution in [0.3, 0.4) is 0 Å². The minimum absolute atomic E-state index is 0.00243. The van der Waals surface area contributed by atoms with Crippen molar-refractivity contribution in [2.24, 2.45) is 0 Å². The molecule has 0 aliphatic rings. The molecule has 0 fully saturated rings. The van der Waals surface area contributed by atoms with E-state index in [0.29, 0.717) is 30.2 Å². The Morgan fingerprint density at radius 3 is 2.19 bits per heavy atom. The van der Waals surface area contributed by atoms with Gasteiger partial charge in [0.05, 0.1) is 24.3 Å². The first-order chi connectivity index (χ1) is 23.2. The molecule has 0 aromatic heterocycles. The molecule has 254 valence electrons. The summed E-state index contributed by atoms with van der Waals surface area (Å²) in [5.41, 5.74) is 1.72. The zero-order chi connectivity index (χ0) is 34.5. The summed E-state index contributed by atoms with van der Waals surface area (Å²) in [5, 5.41) is 2.97. The number of carbonyl (C=O) groups is 2. The van der Waals surface area contributed by atoms with E-state index in [1.54, 1.807) is 42.5 Å². The highest BCUT2D eigenvalue weighted by Crippen LogP contribution is 2.27. The van der Waals surface area contributed by atoms with Crippen LogP contribution >= 0.6 is 0 Å². The van der Waals surface area contributed by atoms with Crippen LogP contribution in [-0.4, -0.2) is 58.0 Å². The Bertz CT molecular complexity index is 1740. The lowest BCUT2D eigenvalue weighted by Crippen LogP contribution is -2.53. The number of anilines is 1. The number of hydrogen-bond acceptors (Lipinski definition) is 6. The van der Waals surface area contributed by atoms with Crippen molar-refractivity contribution in [3.8, 4) is 11.5 Å². The summed E-state index contributed by atoms with van der Waals surface area (Å²) in [6.07, 6.45) is 1.83. The summed E-state index contributed by atoms with van der Waals surface area (Å²) in [5.74, 6) is -0.457. The molecule has 9 nitrogen and oxygen atoms in total. The Labute approximate surface area is 282 Å². The molecule has 0 radical (unpaired) electrons. The molecule has 1 N–H and O–H groups in total. The van der Waals surface area contributed by atoms with Gasteiger partial charge in [-0.3, -0.25) is 13.9 Å². The number of nitrogens with zero attached hydrogens (tertiary/aromatic N) is 2. The van der Waals surface area contributed by atoms with Crippen molar-refractivity contribution in [3.63, 3.8) is 0 Å². The number of ether oxygens (including phenoxy) is 2. The zero-order valence-corrected chi connectivity index (χ0v) is 28.3. The third kappa shape index (κ3) is 9.57. The quantitative estimate of drug-likeness (QED) is 0.138. The van der Waals surface area contributed by atoms with Gasteiger partial charge in [-0.2, -0.15) is 0 Å². The van der Waals surface area contributed by atoms with E-state index >= 15 is 0 Å². The number of sulfonamides is 1. The SMILES string of the molecule is CCCCNC(=O)[C@H](Cc1ccccc1)N(Cc1cccc(OC)c1)C(=O)CN(c1ccc(OCC)cc1)S(=O)(=O)c1ccc(F)cc1. The molecule has 4 aromatic carbocycles. The number of nitrogens with one attached hydrogen (secondary N) is 1. The topological polar surface area (TPSA) is 105 Å². The Hall–Kier alpha value is -4.90. The molecule has 0 unspecified atom stereocenters. The molecule has 0 spiro atoms. The third-order valence-electron chi connectivity index (χ3n) is 7.70. The Balaban J connectivity index is 1.80. The van der Waals surface area contributed by atoms with Crippen molar-refractivity contribution in [2.75, 3.05) is 31.1 Å². The van der Waals surface area contributed by atoms with Gasteiger partial charge in [-0.1, -0.05) is 55.8 Å². The molecule has 0 saturated heterocycles. The van der Waals surface area contributed by atoms with Crippen LogP contribution in [0.5, 0.6) is 11.5 Å². The van der Waals surface area contributed by atoms with Crippen LogP contribution in [0.1, 0.15) is 37.8 Å². The van der Waals surface area contributed by atoms with Gasteiger partial charge in [0.25, 0.3) is 10.0 Å². The van der Waals surface area contributed by atoms with Crippen LogP contribution in [0.25, 0.3) is 0 Å². The summed E-state index contributed by atoms with van der Waals surface area (Å²) in [6.45, 7) is 4.06. The number of amides is 2. The van der Waals surface area contributed by atoms with Gasteiger partial charge >= 0.3 is 0 Å². The average molecular weight is 676 g/mol. The zero-order valence-electron chi connectivity index (χ0n) is 27.5. The van der Waals surface area contributed by atoms with Crippen LogP contribution in [0, 0.1) is 5.82 Å². The second-order valence-corrected chi connectivity index (χ2v) is 13.0. The first-order valence-electron chi connectivity index (χ1n) is 15.9. The van der Waals surface area contributed by atoms with Gasteiger partial charge in [0.15, 0.2) is 0 Å². The molecular formula is C37H42FN3O6S. The second-order valence-electron chi connectivity index (χ2n) is 11.1. The maximum absolute atomic E-state index is 14.6. The number of halogens is 1. The average Bonchev–Trinajstić information content (AvgIpc) is 3.10. The summed E-state index contributed by atoms with van der Waals surface area (Å²) in [6, 6.07) is 26.3. The Morgan fingerprint density at radius 2 is 1.54 bits per heavy atom. The molecule has 0 bridgehead atoms. The van der Waals surface area contributed by atoms with E-state index in [4.69, 9.17) is 9.47 Å². The van der Waals surface area contributed by atoms with Gasteiger partial charge in [-0.15, -0.1) is 0 Å². The number of benzene rings is 4. The van der Waals surface area contributed by atoms with Crippen LogP contribution in [0.4, 0.5) is 10.1 Å². The monoisotopic (exact) mass is 675 g/mol. The van der Waals surface area contributed by atoms with Gasteiger partial charge in [-0.05, 0) is 85.1 Å². The highest BCUT2D eigenvalue weighted by molar-refractivity contribution is 7.92. The number of methoxy groups -OCH3 is 1. The van der Waals surface area contributed by atoms with E-state index in [9.17, 15) is 22.4 Å². The largest absolute Gasteiger partial charge is 0.497 e. The molecule has 1 atom stereocenters. The van der Waals surface area contributed by atoms with Crippen LogP contribution < -0.4 is 19.1 Å². The van der Waals surface area contributed by atoms with Gasteiger partial charge in [0.1, 0.15) is 29.9 Å². The number of rotatable bonds is 17. The van der Waals surface area contributed by atoms with Crippen molar-refractivity contribution in [3.05, 3.63) is 120 Å². The summed E-state index contributed by atoms with van der Waals surface area (Å²) >= 11 is 0. The fraction of sp³-hybridized carbons (Fsp3) is 0.297. The smallest absolute Gasteiger partial charge is 0.264 e. The van der Waals surface area contributed by atoms with Crippen molar-refractivity contribution < 1.29 is 31.9 Å². The molecular weight excluding hydrogens is 633 g/mol. The Morgan fingerprint density at radius 1 is 0.854 bits per heavy atom. The van der Waals surface area contributed by atoms with Crippen molar-refractivity contribution in [1.29, 1.82) is 0 Å². The normalized spacial score (nSPS) is 11.8. The van der Waals surface area contributed by atoms with Crippen molar-refractivity contribution >= 4 is 27.5 Å². The maximum atomic E-state index is 14.6. The van der Waals surface area contributed by atoms with E-state index in [1.807, 2.05) is 50.2 Å². The van der Waals surface area contributed by atoms with Gasteiger partial charge in [-0.25, -0.2) is 12.8 Å². The molecule has 11 heteroatoms. The van der Waals surface area contributed by atoms with E-state index in [-0.39, 0.29) is 29.5 Å². The van der Waals surface area contributed by atoms with E-state index in [0.717, 1.165) is 47.0 Å². The second kappa shape index (κ2) is 17.3. The number of unbranched alkanes of at least 4 members (excludes halogenated alkanes) is 1. The van der Waals surface area contributed by atoms with E-state index in [2.05, 4.69) is 5.32 Å². The van der Waals surface area contributed by atoms with E-state index < -0.39 is 34.3 Å². The lowest BCUT2D eigenvalue weighted by atomic mass is 10.0. The summed E-state index contributed by atoms with van der Waals surface area (Å²) in [7, 11) is -2.83. The molecule has 0 heterocycles. The lowest BCUT2D eigenvalue weighted by Gasteiger charge is -2.34. The minimum Gasteiger partial charge on any atom is -0.497 e. The number of hydrogen-bond donors (Lipinski definition) is 1. The Kier molecular flexibility index (Phi) is 13.0. The van der Waals surface area contributed by atoms with Gasteiger partial charge in [0.2, 0.25) is 11.8 Å². The minimum atomic E-state index is -4.37. The van der Waals surface area contributed by atoms with Crippen molar-refractivity contribution in [2.45, 2.75) is 50.6 Å². The first-order valence-corrected chi connectivity index (χ1v) is 17.4. The maximum Gasteiger partial charge on any atom is 0.264 e. The highest BCUT2D eigenvalue weighted by atomic mass is 32.2. The molecule has 4 rings (SSSR count). The standard InChI is InChI=1S/C37H42FN3O6S/c1-4-6-23-39-37(43)35(25-28-11-8-7-9-12-28)40(26-29-13-10-14-33(24-29)46-3)36(42)27-41(31-17-19-32(20-18-31)47-5-2)48(44,45)34-21-15-30(38)16-22-34/h7-22,24,35H,4-6,23,25-27H2,1-3H3,(H,39,43)/t35-/m0/s1.